The summed E-state index contributed by atoms with van der Waals surface area (Å²) in [7, 11) is 1.79. The molecule has 0 amide bonds. The molecule has 0 aliphatic heterocycles. The van der Waals surface area contributed by atoms with Crippen molar-refractivity contribution in [3.8, 4) is 0 Å². The van der Waals surface area contributed by atoms with Gasteiger partial charge in [0.25, 0.3) is 0 Å². The van der Waals surface area contributed by atoms with E-state index in [1.807, 2.05) is 0 Å². The largest absolute Gasteiger partial charge is 0.356 e. The second kappa shape index (κ2) is 4.63. The van der Waals surface area contributed by atoms with Crippen molar-refractivity contribution in [2.45, 2.75) is 12.8 Å². The van der Waals surface area contributed by atoms with Crippen LogP contribution in [0.5, 0.6) is 0 Å². The number of aromatic nitrogens is 3. The molecule has 0 bridgehead atoms. The standard InChI is InChI=1S/C10H15N5/c1-11-9-13-10(15-14-9)12-7-8-5-3-2-4-6-8/h2-3,5H,4,6-7H2,1H3,(H3,11,12,13,14,15). The molecule has 1 aliphatic rings. The summed E-state index contributed by atoms with van der Waals surface area (Å²) < 4.78 is 0. The van der Waals surface area contributed by atoms with Crippen molar-refractivity contribution in [1.29, 1.82) is 0 Å². The molecule has 15 heavy (non-hydrogen) atoms. The number of H-pyrrole nitrogens is 1. The van der Waals surface area contributed by atoms with Crippen LogP contribution in [0.4, 0.5) is 11.9 Å². The number of hydrogen-bond acceptors (Lipinski definition) is 4. The average Bonchev–Trinajstić information content (AvgIpc) is 2.76. The van der Waals surface area contributed by atoms with Crippen molar-refractivity contribution in [2.75, 3.05) is 24.2 Å². The summed E-state index contributed by atoms with van der Waals surface area (Å²) in [5.41, 5.74) is 1.39. The minimum Gasteiger partial charge on any atom is -0.356 e. The molecule has 2 rings (SSSR count). The highest BCUT2D eigenvalue weighted by atomic mass is 15.3. The van der Waals surface area contributed by atoms with Crippen molar-refractivity contribution >= 4 is 11.9 Å². The minimum absolute atomic E-state index is 0.606. The van der Waals surface area contributed by atoms with Crippen LogP contribution >= 0.6 is 0 Å². The van der Waals surface area contributed by atoms with Crippen LogP contribution in [0, 0.1) is 0 Å². The van der Waals surface area contributed by atoms with Crippen molar-refractivity contribution < 1.29 is 0 Å². The first kappa shape index (κ1) is 9.76. The zero-order valence-electron chi connectivity index (χ0n) is 8.75. The molecule has 5 nitrogen and oxygen atoms in total. The van der Waals surface area contributed by atoms with Gasteiger partial charge in [-0.3, -0.25) is 0 Å². The first-order valence-corrected chi connectivity index (χ1v) is 5.07. The summed E-state index contributed by atoms with van der Waals surface area (Å²) >= 11 is 0. The maximum Gasteiger partial charge on any atom is 0.243 e. The lowest BCUT2D eigenvalue weighted by molar-refractivity contribution is 0.926. The van der Waals surface area contributed by atoms with Crippen LogP contribution in [0.2, 0.25) is 0 Å². The monoisotopic (exact) mass is 205 g/mol. The number of nitrogens with one attached hydrogen (secondary N) is 3. The SMILES string of the molecule is CNc1n[nH]c(NCC2=CC=CCC2)n1. The maximum atomic E-state index is 4.18. The summed E-state index contributed by atoms with van der Waals surface area (Å²) in [6.07, 6.45) is 8.67. The van der Waals surface area contributed by atoms with Gasteiger partial charge in [0.05, 0.1) is 0 Å². The number of rotatable bonds is 4. The van der Waals surface area contributed by atoms with E-state index in [4.69, 9.17) is 0 Å². The fourth-order valence-electron chi connectivity index (χ4n) is 1.45. The first-order chi connectivity index (χ1) is 7.38. The highest BCUT2D eigenvalue weighted by Crippen LogP contribution is 2.12. The van der Waals surface area contributed by atoms with Crippen molar-refractivity contribution in [2.24, 2.45) is 0 Å². The van der Waals surface area contributed by atoms with Gasteiger partial charge in [-0.15, -0.1) is 5.10 Å². The van der Waals surface area contributed by atoms with E-state index in [1.165, 1.54) is 5.57 Å². The second-order valence-corrected chi connectivity index (χ2v) is 3.40. The Morgan fingerprint density at radius 3 is 3.13 bits per heavy atom. The molecule has 3 N–H and O–H groups in total. The van der Waals surface area contributed by atoms with Crippen LogP contribution in [0.15, 0.2) is 23.8 Å². The van der Waals surface area contributed by atoms with Crippen molar-refractivity contribution in [3.63, 3.8) is 0 Å². The van der Waals surface area contributed by atoms with Crippen LogP contribution in [-0.2, 0) is 0 Å². The molecule has 0 aromatic carbocycles. The molecule has 1 aliphatic carbocycles. The highest BCUT2D eigenvalue weighted by Gasteiger charge is 2.02. The van der Waals surface area contributed by atoms with Gasteiger partial charge in [-0.2, -0.15) is 4.98 Å². The molecule has 0 saturated carbocycles. The van der Waals surface area contributed by atoms with E-state index in [-0.39, 0.29) is 0 Å². The van der Waals surface area contributed by atoms with Gasteiger partial charge in [0.1, 0.15) is 0 Å². The van der Waals surface area contributed by atoms with Gasteiger partial charge >= 0.3 is 0 Å². The molecule has 80 valence electrons. The third kappa shape index (κ3) is 2.59. The molecule has 1 aromatic heterocycles. The lowest BCUT2D eigenvalue weighted by Crippen LogP contribution is -2.07. The van der Waals surface area contributed by atoms with Gasteiger partial charge in [0, 0.05) is 13.6 Å². The van der Waals surface area contributed by atoms with Gasteiger partial charge < -0.3 is 10.6 Å². The number of anilines is 2. The number of allylic oxidation sites excluding steroid dienone is 3. The Labute approximate surface area is 88.7 Å². The van der Waals surface area contributed by atoms with Gasteiger partial charge in [-0.1, -0.05) is 23.8 Å². The van der Waals surface area contributed by atoms with Crippen molar-refractivity contribution in [3.05, 3.63) is 23.8 Å². The summed E-state index contributed by atoms with van der Waals surface area (Å²) in [6.45, 7) is 0.822. The number of hydrogen-bond donors (Lipinski definition) is 3. The molecular formula is C10H15N5. The lowest BCUT2D eigenvalue weighted by atomic mass is 10.1. The normalized spacial score (nSPS) is 14.9. The molecule has 0 radical (unpaired) electrons. The molecule has 5 heteroatoms. The Kier molecular flexibility index (Phi) is 3.02. The van der Waals surface area contributed by atoms with Crippen LogP contribution in [0.3, 0.4) is 0 Å². The van der Waals surface area contributed by atoms with E-state index in [2.05, 4.69) is 44.0 Å². The molecular weight excluding hydrogens is 190 g/mol. The molecule has 0 saturated heterocycles. The quantitative estimate of drug-likeness (QED) is 0.697. The van der Waals surface area contributed by atoms with E-state index in [0.717, 1.165) is 19.4 Å². The van der Waals surface area contributed by atoms with Crippen LogP contribution in [-0.4, -0.2) is 28.8 Å². The van der Waals surface area contributed by atoms with E-state index < -0.39 is 0 Å². The van der Waals surface area contributed by atoms with Crippen LogP contribution in [0.25, 0.3) is 0 Å². The third-order valence-corrected chi connectivity index (χ3v) is 2.29. The zero-order valence-corrected chi connectivity index (χ0v) is 8.75. The Balaban J connectivity index is 1.87. The molecule has 1 aromatic rings. The molecule has 0 spiro atoms. The highest BCUT2D eigenvalue weighted by molar-refractivity contribution is 5.35. The van der Waals surface area contributed by atoms with Gasteiger partial charge in [0.2, 0.25) is 11.9 Å². The second-order valence-electron chi connectivity index (χ2n) is 3.40. The predicted molar refractivity (Wildman–Crippen MR) is 60.9 cm³/mol. The Hall–Kier alpha value is -1.78. The van der Waals surface area contributed by atoms with Gasteiger partial charge in [-0.05, 0) is 12.8 Å². The maximum absolute atomic E-state index is 4.18. The summed E-state index contributed by atoms with van der Waals surface area (Å²) in [5, 5.41) is 12.8. The lowest BCUT2D eigenvalue weighted by Gasteiger charge is -2.08. The summed E-state index contributed by atoms with van der Waals surface area (Å²) in [5.74, 6) is 1.31. The van der Waals surface area contributed by atoms with E-state index in [1.54, 1.807) is 7.05 Å². The van der Waals surface area contributed by atoms with Crippen LogP contribution < -0.4 is 10.6 Å². The smallest absolute Gasteiger partial charge is 0.243 e. The molecule has 0 atom stereocenters. The predicted octanol–water partition coefficient (Wildman–Crippen LogP) is 1.53. The molecule has 0 fully saturated rings. The van der Waals surface area contributed by atoms with E-state index >= 15 is 0 Å². The molecule has 0 unspecified atom stereocenters. The average molecular weight is 205 g/mol. The number of aromatic amines is 1. The fraction of sp³-hybridized carbons (Fsp3) is 0.400. The zero-order chi connectivity index (χ0) is 10.5. The number of nitrogens with zero attached hydrogens (tertiary/aromatic N) is 2. The summed E-state index contributed by atoms with van der Waals surface area (Å²) in [6, 6.07) is 0. The fourth-order valence-corrected chi connectivity index (χ4v) is 1.45. The van der Waals surface area contributed by atoms with Crippen molar-refractivity contribution in [1.82, 2.24) is 15.2 Å². The minimum atomic E-state index is 0.606. The van der Waals surface area contributed by atoms with E-state index in [9.17, 15) is 0 Å². The topological polar surface area (TPSA) is 65.6 Å². The first-order valence-electron chi connectivity index (χ1n) is 5.07. The summed E-state index contributed by atoms with van der Waals surface area (Å²) in [4.78, 5) is 4.18. The van der Waals surface area contributed by atoms with Gasteiger partial charge in [-0.25, -0.2) is 5.10 Å². The Bertz CT molecular complexity index is 377. The molecule has 1 heterocycles. The third-order valence-electron chi connectivity index (χ3n) is 2.29. The Morgan fingerprint density at radius 2 is 2.47 bits per heavy atom. The van der Waals surface area contributed by atoms with Gasteiger partial charge in [0.15, 0.2) is 0 Å². The Morgan fingerprint density at radius 1 is 1.53 bits per heavy atom. The van der Waals surface area contributed by atoms with E-state index in [0.29, 0.717) is 11.9 Å². The van der Waals surface area contributed by atoms with Crippen LogP contribution in [0.1, 0.15) is 12.8 Å².